The van der Waals surface area contributed by atoms with E-state index in [1.54, 1.807) is 34.9 Å². The van der Waals surface area contributed by atoms with E-state index in [0.717, 1.165) is 37.2 Å². The average molecular weight is 474 g/mol. The lowest BCUT2D eigenvalue weighted by molar-refractivity contribution is -0.0498. The van der Waals surface area contributed by atoms with Gasteiger partial charge in [0.15, 0.2) is 0 Å². The lowest BCUT2D eigenvalue weighted by Gasteiger charge is -2.27. The number of amides is 1. The summed E-state index contributed by atoms with van der Waals surface area (Å²) in [7, 11) is 0. The number of hydrogen-bond acceptors (Lipinski definition) is 4. The molecule has 1 aliphatic carbocycles. The van der Waals surface area contributed by atoms with Gasteiger partial charge in [-0.15, -0.1) is 0 Å². The summed E-state index contributed by atoms with van der Waals surface area (Å²) < 4.78 is 33.2. The molecule has 0 bridgehead atoms. The van der Waals surface area contributed by atoms with Crippen molar-refractivity contribution in [1.29, 1.82) is 0 Å². The van der Waals surface area contributed by atoms with E-state index in [1.807, 2.05) is 11.8 Å². The third-order valence-corrected chi connectivity index (χ3v) is 7.84. The predicted molar refractivity (Wildman–Crippen MR) is 125 cm³/mol. The molecule has 0 spiro atoms. The summed E-state index contributed by atoms with van der Waals surface area (Å²) in [5.74, 6) is 1.72. The van der Waals surface area contributed by atoms with E-state index in [9.17, 15) is 18.4 Å². The zero-order chi connectivity index (χ0) is 23.2. The fraction of sp³-hybridized carbons (Fsp3) is 0.417. The molecule has 174 valence electrons. The first-order chi connectivity index (χ1) is 15.8. The van der Waals surface area contributed by atoms with Crippen molar-refractivity contribution in [3.8, 4) is 11.4 Å². The highest BCUT2D eigenvalue weighted by Crippen LogP contribution is 2.34. The molecule has 2 aromatic carbocycles. The smallest absolute Gasteiger partial charge is 0.387 e. The van der Waals surface area contributed by atoms with Crippen molar-refractivity contribution in [3.05, 3.63) is 58.5 Å². The summed E-state index contributed by atoms with van der Waals surface area (Å²) in [6.45, 7) is -0.895. The van der Waals surface area contributed by atoms with E-state index in [-0.39, 0.29) is 28.9 Å². The van der Waals surface area contributed by atoms with Gasteiger partial charge < -0.3 is 10.1 Å². The van der Waals surface area contributed by atoms with E-state index in [2.05, 4.69) is 17.0 Å². The van der Waals surface area contributed by atoms with Crippen molar-refractivity contribution in [2.75, 3.05) is 11.5 Å². The molecule has 1 aromatic heterocycles. The second-order valence-corrected chi connectivity index (χ2v) is 10.1. The maximum absolute atomic E-state index is 13.5. The summed E-state index contributed by atoms with van der Waals surface area (Å²) in [5, 5.41) is 3.15. The first kappa shape index (κ1) is 22.0. The number of nitrogens with zero attached hydrogens (tertiary/aromatic N) is 2. The number of alkyl halides is 2. The summed E-state index contributed by atoms with van der Waals surface area (Å²) in [5.41, 5.74) is 1.75. The number of thioether (sulfide) groups is 1. The van der Waals surface area contributed by atoms with Gasteiger partial charge >= 0.3 is 12.3 Å². The number of nitrogens with one attached hydrogen (secondary N) is 1. The Morgan fingerprint density at radius 1 is 1.21 bits per heavy atom. The zero-order valence-electron chi connectivity index (χ0n) is 18.2. The number of aromatic nitrogens is 2. The normalized spacial score (nSPS) is 20.8. The molecule has 5 rings (SSSR count). The Kier molecular flexibility index (Phi) is 5.68. The molecule has 1 atom stereocenters. The Labute approximate surface area is 193 Å². The molecule has 6 nitrogen and oxygen atoms in total. The Bertz CT molecular complexity index is 1260. The van der Waals surface area contributed by atoms with Crippen LogP contribution in [0, 0.1) is 0 Å². The van der Waals surface area contributed by atoms with E-state index in [4.69, 9.17) is 0 Å². The molecule has 1 amide bonds. The van der Waals surface area contributed by atoms with Crippen molar-refractivity contribution < 1.29 is 18.3 Å². The first-order valence-corrected chi connectivity index (χ1v) is 12.2. The molecule has 1 N–H and O–H groups in total. The number of ether oxygens (including phenoxy) is 1. The van der Waals surface area contributed by atoms with Gasteiger partial charge in [-0.2, -0.15) is 20.5 Å². The second kappa shape index (κ2) is 8.52. The molecule has 0 radical (unpaired) electrons. The average Bonchev–Trinajstić information content (AvgIpc) is 3.27. The van der Waals surface area contributed by atoms with Gasteiger partial charge in [-0.05, 0) is 68.7 Å². The number of benzene rings is 2. The minimum absolute atomic E-state index is 0.0161. The number of carbonyl (C=O) groups excluding carboxylic acids is 1. The van der Waals surface area contributed by atoms with E-state index in [0.29, 0.717) is 22.3 Å². The first-order valence-electron chi connectivity index (χ1n) is 11.1. The minimum Gasteiger partial charge on any atom is -0.435 e. The number of rotatable bonds is 6. The van der Waals surface area contributed by atoms with E-state index < -0.39 is 6.61 Å². The maximum Gasteiger partial charge on any atom is 0.387 e. The quantitative estimate of drug-likeness (QED) is 0.562. The fourth-order valence-electron chi connectivity index (χ4n) is 4.52. The van der Waals surface area contributed by atoms with Gasteiger partial charge in [0, 0.05) is 29.0 Å². The van der Waals surface area contributed by atoms with Gasteiger partial charge in [-0.25, -0.2) is 4.79 Å². The highest BCUT2D eigenvalue weighted by atomic mass is 32.2. The van der Waals surface area contributed by atoms with E-state index >= 15 is 0 Å². The van der Waals surface area contributed by atoms with Gasteiger partial charge in [0.1, 0.15) is 5.75 Å². The van der Waals surface area contributed by atoms with Crippen LogP contribution >= 0.6 is 11.8 Å². The van der Waals surface area contributed by atoms with E-state index in [1.165, 1.54) is 16.7 Å². The molecular weight excluding hydrogens is 448 g/mol. The van der Waals surface area contributed by atoms with Crippen molar-refractivity contribution in [1.82, 2.24) is 14.5 Å². The van der Waals surface area contributed by atoms with Crippen LogP contribution in [0.3, 0.4) is 0 Å². The molecule has 2 heterocycles. The minimum atomic E-state index is -2.95. The lowest BCUT2D eigenvalue weighted by Crippen LogP contribution is -2.45. The van der Waals surface area contributed by atoms with Crippen LogP contribution in [0.5, 0.6) is 5.75 Å². The Hall–Kier alpha value is -2.81. The van der Waals surface area contributed by atoms with Crippen molar-refractivity contribution in [3.63, 3.8) is 0 Å². The molecule has 1 saturated heterocycles. The summed E-state index contributed by atoms with van der Waals surface area (Å²) in [4.78, 5) is 26.5. The topological polar surface area (TPSA) is 65.3 Å². The summed E-state index contributed by atoms with van der Waals surface area (Å²) >= 11 is 1.82. The van der Waals surface area contributed by atoms with Gasteiger partial charge in [-0.1, -0.05) is 6.07 Å². The van der Waals surface area contributed by atoms with Crippen LogP contribution in [0.4, 0.5) is 8.78 Å². The SMILES string of the molecule is CC1(NC(=O)c2ccc3c(c2)n(C2CCC2)c(=O)n3-c2cccc(OC(F)F)c2)CCSC1. The number of imidazole rings is 1. The molecule has 1 saturated carbocycles. The Balaban J connectivity index is 1.59. The number of carbonyl (C=O) groups is 1. The molecule has 33 heavy (non-hydrogen) atoms. The Morgan fingerprint density at radius 3 is 2.70 bits per heavy atom. The van der Waals surface area contributed by atoms with Crippen molar-refractivity contribution in [2.45, 2.75) is 50.8 Å². The van der Waals surface area contributed by atoms with Crippen LogP contribution in [0.25, 0.3) is 16.7 Å². The van der Waals surface area contributed by atoms with Gasteiger partial charge in [0.05, 0.1) is 16.7 Å². The van der Waals surface area contributed by atoms with Gasteiger partial charge in [-0.3, -0.25) is 13.9 Å². The largest absolute Gasteiger partial charge is 0.435 e. The van der Waals surface area contributed by atoms with Gasteiger partial charge in [0.2, 0.25) is 0 Å². The van der Waals surface area contributed by atoms with Crippen molar-refractivity contribution in [2.24, 2.45) is 0 Å². The maximum atomic E-state index is 13.5. The molecule has 2 fully saturated rings. The third-order valence-electron chi connectivity index (χ3n) is 6.51. The molecule has 1 aliphatic heterocycles. The highest BCUT2D eigenvalue weighted by Gasteiger charge is 2.32. The standard InChI is InChI=1S/C24H25F2N3O3S/c1-24(10-11-33-14-24)27-21(30)15-8-9-19-20(12-15)28(16-4-2-5-16)23(31)29(19)17-6-3-7-18(13-17)32-22(25)26/h3,6-9,12-13,16,22H,2,4-5,10-11,14H2,1H3,(H,27,30). The number of fused-ring (bicyclic) bond motifs is 1. The van der Waals surface area contributed by atoms with Crippen molar-refractivity contribution >= 4 is 28.7 Å². The molecule has 9 heteroatoms. The number of hydrogen-bond donors (Lipinski definition) is 1. The highest BCUT2D eigenvalue weighted by molar-refractivity contribution is 7.99. The van der Waals surface area contributed by atoms with Crippen LogP contribution in [-0.2, 0) is 0 Å². The molecular formula is C24H25F2N3O3S. The second-order valence-electron chi connectivity index (χ2n) is 8.97. The van der Waals surface area contributed by atoms with Crippen LogP contribution in [0.1, 0.15) is 49.0 Å². The van der Waals surface area contributed by atoms with Crippen LogP contribution in [0.2, 0.25) is 0 Å². The molecule has 3 aromatic rings. The van der Waals surface area contributed by atoms with Gasteiger partial charge in [0.25, 0.3) is 5.91 Å². The predicted octanol–water partition coefficient (Wildman–Crippen LogP) is 4.74. The third kappa shape index (κ3) is 4.14. The number of halogens is 2. The van der Waals surface area contributed by atoms with Crippen LogP contribution < -0.4 is 15.7 Å². The zero-order valence-corrected chi connectivity index (χ0v) is 19.0. The lowest BCUT2D eigenvalue weighted by atomic mass is 9.93. The van der Waals surface area contributed by atoms with Crippen LogP contribution in [0.15, 0.2) is 47.3 Å². The fourth-order valence-corrected chi connectivity index (χ4v) is 5.92. The van der Waals surface area contributed by atoms with Crippen LogP contribution in [-0.4, -0.2) is 38.7 Å². The summed E-state index contributed by atoms with van der Waals surface area (Å²) in [6.07, 6.45) is 3.74. The Morgan fingerprint density at radius 2 is 2.03 bits per heavy atom. The molecule has 1 unspecified atom stereocenters. The molecule has 2 aliphatic rings. The summed E-state index contributed by atoms with van der Waals surface area (Å²) in [6, 6.07) is 11.4. The monoisotopic (exact) mass is 473 g/mol.